The van der Waals surface area contributed by atoms with Gasteiger partial charge in [-0.25, -0.2) is 0 Å². The van der Waals surface area contributed by atoms with E-state index < -0.39 is 36.5 Å². The van der Waals surface area contributed by atoms with E-state index in [1.54, 1.807) is 20.8 Å². The van der Waals surface area contributed by atoms with Crippen molar-refractivity contribution in [1.29, 1.82) is 0 Å². The standard InChI is InChI=1S/C9H16O5/c1-4(10)6-5(11)7-8(12-6)14-9(2,3)13-7/h4-8,10-11H,1-3H3/t4-,5+,6+,7+,8+/m0/s1. The average molecular weight is 204 g/mol. The Morgan fingerprint density at radius 3 is 2.43 bits per heavy atom. The monoisotopic (exact) mass is 204 g/mol. The predicted molar refractivity (Wildman–Crippen MR) is 46.4 cm³/mol. The van der Waals surface area contributed by atoms with Crippen molar-refractivity contribution in [2.24, 2.45) is 0 Å². The quantitative estimate of drug-likeness (QED) is 0.608. The minimum Gasteiger partial charge on any atom is -0.391 e. The molecular weight excluding hydrogens is 188 g/mol. The van der Waals surface area contributed by atoms with E-state index in [0.717, 1.165) is 0 Å². The number of ether oxygens (including phenoxy) is 3. The minimum absolute atomic E-state index is 0.496. The van der Waals surface area contributed by atoms with E-state index in [1.165, 1.54) is 0 Å². The second-order valence-electron chi connectivity index (χ2n) is 4.30. The van der Waals surface area contributed by atoms with Crippen molar-refractivity contribution < 1.29 is 24.4 Å². The summed E-state index contributed by atoms with van der Waals surface area (Å²) in [5, 5.41) is 19.1. The molecule has 2 aliphatic heterocycles. The van der Waals surface area contributed by atoms with Crippen LogP contribution in [0.15, 0.2) is 0 Å². The van der Waals surface area contributed by atoms with Gasteiger partial charge < -0.3 is 24.4 Å². The maximum Gasteiger partial charge on any atom is 0.190 e. The molecule has 0 saturated carbocycles. The lowest BCUT2D eigenvalue weighted by Gasteiger charge is -2.24. The van der Waals surface area contributed by atoms with Gasteiger partial charge in [-0.1, -0.05) is 0 Å². The van der Waals surface area contributed by atoms with Crippen LogP contribution in [0.4, 0.5) is 0 Å². The van der Waals surface area contributed by atoms with Crippen LogP contribution in [0.5, 0.6) is 0 Å². The lowest BCUT2D eigenvalue weighted by Crippen LogP contribution is -2.39. The number of hydrogen-bond donors (Lipinski definition) is 2. The smallest absolute Gasteiger partial charge is 0.190 e. The van der Waals surface area contributed by atoms with Gasteiger partial charge in [0.25, 0.3) is 0 Å². The number of hydrogen-bond acceptors (Lipinski definition) is 5. The summed E-state index contributed by atoms with van der Waals surface area (Å²) in [6, 6.07) is 0. The number of rotatable bonds is 1. The molecule has 2 saturated heterocycles. The van der Waals surface area contributed by atoms with Crippen molar-refractivity contribution in [3.05, 3.63) is 0 Å². The summed E-state index contributed by atoms with van der Waals surface area (Å²) in [4.78, 5) is 0. The normalized spacial score (nSPS) is 47.8. The third-order valence-electron chi connectivity index (χ3n) is 2.53. The van der Waals surface area contributed by atoms with Gasteiger partial charge in [0.2, 0.25) is 0 Å². The summed E-state index contributed by atoms with van der Waals surface area (Å²) < 4.78 is 16.2. The van der Waals surface area contributed by atoms with Crippen LogP contribution in [-0.4, -0.2) is 46.7 Å². The molecule has 0 aromatic rings. The molecule has 5 heteroatoms. The van der Waals surface area contributed by atoms with E-state index in [0.29, 0.717) is 0 Å². The molecule has 2 N–H and O–H groups in total. The van der Waals surface area contributed by atoms with E-state index >= 15 is 0 Å². The first-order valence-electron chi connectivity index (χ1n) is 4.78. The highest BCUT2D eigenvalue weighted by atomic mass is 16.8. The fourth-order valence-electron chi connectivity index (χ4n) is 1.92. The summed E-state index contributed by atoms with van der Waals surface area (Å²) in [6.07, 6.45) is -3.25. The van der Waals surface area contributed by atoms with Gasteiger partial charge in [-0.2, -0.15) is 0 Å². The fraction of sp³-hybridized carbons (Fsp3) is 1.00. The largest absolute Gasteiger partial charge is 0.391 e. The van der Waals surface area contributed by atoms with Gasteiger partial charge in [0.05, 0.1) is 6.10 Å². The lowest BCUT2D eigenvalue weighted by atomic mass is 10.1. The third-order valence-corrected chi connectivity index (χ3v) is 2.53. The van der Waals surface area contributed by atoms with E-state index in [-0.39, 0.29) is 0 Å². The molecule has 14 heavy (non-hydrogen) atoms. The summed E-state index contributed by atoms with van der Waals surface area (Å²) >= 11 is 0. The summed E-state index contributed by atoms with van der Waals surface area (Å²) in [5.41, 5.74) is 0. The van der Waals surface area contributed by atoms with Gasteiger partial charge in [-0.3, -0.25) is 0 Å². The molecule has 2 fully saturated rings. The Kier molecular flexibility index (Phi) is 2.32. The summed E-state index contributed by atoms with van der Waals surface area (Å²) in [5.74, 6) is -0.722. The Labute approximate surface area is 82.6 Å². The third kappa shape index (κ3) is 1.55. The molecule has 5 nitrogen and oxygen atoms in total. The van der Waals surface area contributed by atoms with E-state index in [2.05, 4.69) is 0 Å². The molecule has 0 radical (unpaired) electrons. The second-order valence-corrected chi connectivity index (χ2v) is 4.30. The second kappa shape index (κ2) is 3.15. The zero-order chi connectivity index (χ0) is 10.5. The van der Waals surface area contributed by atoms with Crippen LogP contribution < -0.4 is 0 Å². The zero-order valence-corrected chi connectivity index (χ0v) is 8.51. The first-order valence-corrected chi connectivity index (χ1v) is 4.78. The Bertz CT molecular complexity index is 225. The molecule has 0 bridgehead atoms. The van der Waals surface area contributed by atoms with Crippen molar-refractivity contribution >= 4 is 0 Å². The molecule has 82 valence electrons. The molecule has 0 unspecified atom stereocenters. The van der Waals surface area contributed by atoms with E-state index in [4.69, 9.17) is 14.2 Å². The minimum atomic E-state index is -0.832. The molecule has 2 aliphatic rings. The van der Waals surface area contributed by atoms with Crippen LogP contribution in [0, 0.1) is 0 Å². The zero-order valence-electron chi connectivity index (χ0n) is 8.51. The lowest BCUT2D eigenvalue weighted by molar-refractivity contribution is -0.224. The maximum absolute atomic E-state index is 9.77. The first kappa shape index (κ1) is 10.3. The molecule has 2 heterocycles. The SMILES string of the molecule is C[C@H](O)[C@H]1O[C@@H]2OC(C)(C)O[C@@H]2[C@@H]1O. The molecule has 0 amide bonds. The highest BCUT2D eigenvalue weighted by Crippen LogP contribution is 2.37. The van der Waals surface area contributed by atoms with Crippen LogP contribution >= 0.6 is 0 Å². The van der Waals surface area contributed by atoms with E-state index in [1.807, 2.05) is 0 Å². The molecule has 2 rings (SSSR count). The number of fused-ring (bicyclic) bond motifs is 1. The van der Waals surface area contributed by atoms with Crippen LogP contribution in [0.2, 0.25) is 0 Å². The number of aliphatic hydroxyl groups is 2. The van der Waals surface area contributed by atoms with Gasteiger partial charge in [-0.05, 0) is 20.8 Å². The maximum atomic E-state index is 9.77. The van der Waals surface area contributed by atoms with Crippen molar-refractivity contribution in [2.75, 3.05) is 0 Å². The Balaban J connectivity index is 2.08. The summed E-state index contributed by atoms with van der Waals surface area (Å²) in [7, 11) is 0. The molecule has 0 aromatic carbocycles. The van der Waals surface area contributed by atoms with E-state index in [9.17, 15) is 10.2 Å². The van der Waals surface area contributed by atoms with Gasteiger partial charge in [0.1, 0.15) is 18.3 Å². The van der Waals surface area contributed by atoms with Gasteiger partial charge in [-0.15, -0.1) is 0 Å². The summed E-state index contributed by atoms with van der Waals surface area (Å²) in [6.45, 7) is 5.09. The van der Waals surface area contributed by atoms with Crippen LogP contribution in [0.25, 0.3) is 0 Å². The molecule has 0 spiro atoms. The average Bonchev–Trinajstić information content (AvgIpc) is 2.46. The van der Waals surface area contributed by atoms with Crippen molar-refractivity contribution in [2.45, 2.75) is 57.3 Å². The van der Waals surface area contributed by atoms with Crippen LogP contribution in [0.1, 0.15) is 20.8 Å². The Morgan fingerprint density at radius 2 is 1.93 bits per heavy atom. The van der Waals surface area contributed by atoms with Crippen molar-refractivity contribution in [1.82, 2.24) is 0 Å². The highest BCUT2D eigenvalue weighted by molar-refractivity contribution is 4.94. The van der Waals surface area contributed by atoms with Gasteiger partial charge in [0, 0.05) is 0 Å². The molecule has 5 atom stereocenters. The Hall–Kier alpha value is -0.200. The van der Waals surface area contributed by atoms with Gasteiger partial charge in [0.15, 0.2) is 12.1 Å². The number of aliphatic hydroxyl groups excluding tert-OH is 2. The van der Waals surface area contributed by atoms with Crippen LogP contribution in [-0.2, 0) is 14.2 Å². The Morgan fingerprint density at radius 1 is 1.29 bits per heavy atom. The molecular formula is C9H16O5. The van der Waals surface area contributed by atoms with Gasteiger partial charge >= 0.3 is 0 Å². The fourth-order valence-corrected chi connectivity index (χ4v) is 1.92. The molecule has 0 aliphatic carbocycles. The highest BCUT2D eigenvalue weighted by Gasteiger charge is 2.55. The molecule has 0 aromatic heterocycles. The van der Waals surface area contributed by atoms with Crippen molar-refractivity contribution in [3.63, 3.8) is 0 Å². The topological polar surface area (TPSA) is 68.2 Å². The van der Waals surface area contributed by atoms with Crippen molar-refractivity contribution in [3.8, 4) is 0 Å². The van der Waals surface area contributed by atoms with Crippen LogP contribution in [0.3, 0.4) is 0 Å². The first-order chi connectivity index (χ1) is 6.41. The predicted octanol–water partition coefficient (Wildman–Crippen LogP) is -0.396.